The molecule has 106 valence electrons. The molecule has 1 aromatic rings. The lowest BCUT2D eigenvalue weighted by Gasteiger charge is -2.40. The van der Waals surface area contributed by atoms with Crippen LogP contribution in [-0.4, -0.2) is 0 Å². The zero-order valence-corrected chi connectivity index (χ0v) is 12.7. The summed E-state index contributed by atoms with van der Waals surface area (Å²) in [6, 6.07) is 7.35. The van der Waals surface area contributed by atoms with Crippen molar-refractivity contribution in [1.82, 2.24) is 0 Å². The second-order valence-electron chi connectivity index (χ2n) is 7.44. The molecule has 2 bridgehead atoms. The van der Waals surface area contributed by atoms with Gasteiger partial charge in [-0.05, 0) is 78.9 Å². The van der Waals surface area contributed by atoms with E-state index in [1.54, 1.807) is 16.7 Å². The standard InChI is InChI=1S/C20H26/c1-2-3-4-15-5-7-17-9-10-20(14-18(17)11-15)13-16-6-8-19(20)12-16/h5-8,11,16,19H,2-4,9-10,12-14H2,1H3. The van der Waals surface area contributed by atoms with Crippen molar-refractivity contribution >= 4 is 0 Å². The smallest absolute Gasteiger partial charge is 0.0168 e. The topological polar surface area (TPSA) is 0 Å². The molecule has 1 saturated carbocycles. The van der Waals surface area contributed by atoms with Crippen LogP contribution in [-0.2, 0) is 19.3 Å². The Morgan fingerprint density at radius 1 is 1.20 bits per heavy atom. The van der Waals surface area contributed by atoms with Gasteiger partial charge in [0.05, 0.1) is 0 Å². The van der Waals surface area contributed by atoms with Crippen molar-refractivity contribution in [3.05, 3.63) is 47.0 Å². The highest BCUT2D eigenvalue weighted by Crippen LogP contribution is 2.57. The summed E-state index contributed by atoms with van der Waals surface area (Å²) in [5, 5.41) is 0. The van der Waals surface area contributed by atoms with Gasteiger partial charge in [-0.25, -0.2) is 0 Å². The molecule has 1 fully saturated rings. The van der Waals surface area contributed by atoms with E-state index in [9.17, 15) is 0 Å². The zero-order chi connectivity index (χ0) is 13.6. The number of hydrogen-bond acceptors (Lipinski definition) is 0. The Balaban J connectivity index is 1.60. The van der Waals surface area contributed by atoms with Gasteiger partial charge in [0.15, 0.2) is 0 Å². The van der Waals surface area contributed by atoms with Crippen LogP contribution in [0.2, 0.25) is 0 Å². The molecule has 0 radical (unpaired) electrons. The number of benzene rings is 1. The van der Waals surface area contributed by atoms with E-state index in [0.29, 0.717) is 5.41 Å². The average Bonchev–Trinajstić information content (AvgIpc) is 3.05. The average molecular weight is 266 g/mol. The normalized spacial score (nSPS) is 33.9. The first-order chi connectivity index (χ1) is 9.79. The molecule has 20 heavy (non-hydrogen) atoms. The summed E-state index contributed by atoms with van der Waals surface area (Å²) in [5.41, 5.74) is 5.53. The second kappa shape index (κ2) is 4.76. The minimum Gasteiger partial charge on any atom is -0.0851 e. The largest absolute Gasteiger partial charge is 0.0851 e. The van der Waals surface area contributed by atoms with Crippen LogP contribution < -0.4 is 0 Å². The first kappa shape index (κ1) is 12.7. The second-order valence-corrected chi connectivity index (χ2v) is 7.44. The Morgan fingerprint density at radius 2 is 2.15 bits per heavy atom. The monoisotopic (exact) mass is 266 g/mol. The molecule has 0 amide bonds. The molecule has 0 heterocycles. The van der Waals surface area contributed by atoms with Crippen LogP contribution in [0.1, 0.15) is 55.7 Å². The molecule has 0 aliphatic heterocycles. The predicted octanol–water partition coefficient (Wildman–Crippen LogP) is 5.10. The molecular formula is C20H26. The van der Waals surface area contributed by atoms with Crippen molar-refractivity contribution in [3.8, 4) is 0 Å². The molecule has 0 heteroatoms. The van der Waals surface area contributed by atoms with E-state index in [1.807, 2.05) is 0 Å². The van der Waals surface area contributed by atoms with Crippen molar-refractivity contribution in [2.24, 2.45) is 17.3 Å². The van der Waals surface area contributed by atoms with E-state index in [2.05, 4.69) is 37.3 Å². The lowest BCUT2D eigenvalue weighted by Crippen LogP contribution is -2.32. The number of fused-ring (bicyclic) bond motifs is 4. The van der Waals surface area contributed by atoms with Gasteiger partial charge < -0.3 is 0 Å². The van der Waals surface area contributed by atoms with E-state index in [4.69, 9.17) is 0 Å². The van der Waals surface area contributed by atoms with Gasteiger partial charge >= 0.3 is 0 Å². The van der Waals surface area contributed by atoms with Gasteiger partial charge in [-0.1, -0.05) is 43.7 Å². The summed E-state index contributed by atoms with van der Waals surface area (Å²) in [5.74, 6) is 1.80. The lowest BCUT2D eigenvalue weighted by molar-refractivity contribution is 0.195. The first-order valence-electron chi connectivity index (χ1n) is 8.58. The number of unbranched alkanes of at least 4 members (excludes halogenated alkanes) is 1. The van der Waals surface area contributed by atoms with Crippen LogP contribution in [0.4, 0.5) is 0 Å². The van der Waals surface area contributed by atoms with Crippen LogP contribution in [0.25, 0.3) is 0 Å². The van der Waals surface area contributed by atoms with Crippen molar-refractivity contribution in [2.75, 3.05) is 0 Å². The zero-order valence-electron chi connectivity index (χ0n) is 12.7. The molecule has 1 aromatic carbocycles. The summed E-state index contributed by atoms with van der Waals surface area (Å²) in [4.78, 5) is 0. The predicted molar refractivity (Wildman–Crippen MR) is 84.9 cm³/mol. The SMILES string of the molecule is CCCCc1ccc2c(c1)CC1(CC2)CC2C=CC1C2. The van der Waals surface area contributed by atoms with Gasteiger partial charge in [-0.2, -0.15) is 0 Å². The van der Waals surface area contributed by atoms with E-state index in [1.165, 1.54) is 51.4 Å². The Hall–Kier alpha value is -1.04. The van der Waals surface area contributed by atoms with Gasteiger partial charge in [-0.15, -0.1) is 0 Å². The Bertz CT molecular complexity index is 539. The maximum atomic E-state index is 2.54. The number of hydrogen-bond donors (Lipinski definition) is 0. The van der Waals surface area contributed by atoms with Crippen LogP contribution in [0, 0.1) is 17.3 Å². The molecule has 3 unspecified atom stereocenters. The van der Waals surface area contributed by atoms with Crippen molar-refractivity contribution < 1.29 is 0 Å². The Labute approximate surface area is 123 Å². The fraction of sp³-hybridized carbons (Fsp3) is 0.600. The van der Waals surface area contributed by atoms with Gasteiger partial charge in [0.1, 0.15) is 0 Å². The molecule has 0 saturated heterocycles. The van der Waals surface area contributed by atoms with Crippen LogP contribution in [0.15, 0.2) is 30.4 Å². The summed E-state index contributed by atoms with van der Waals surface area (Å²) < 4.78 is 0. The van der Waals surface area contributed by atoms with E-state index < -0.39 is 0 Å². The van der Waals surface area contributed by atoms with Gasteiger partial charge in [0, 0.05) is 0 Å². The quantitative estimate of drug-likeness (QED) is 0.668. The molecule has 0 N–H and O–H groups in total. The lowest BCUT2D eigenvalue weighted by atomic mass is 9.64. The maximum absolute atomic E-state index is 2.54. The summed E-state index contributed by atoms with van der Waals surface area (Å²) in [7, 11) is 0. The molecule has 0 aromatic heterocycles. The molecular weight excluding hydrogens is 240 g/mol. The van der Waals surface area contributed by atoms with Gasteiger partial charge in [0.25, 0.3) is 0 Å². The highest BCUT2D eigenvalue weighted by molar-refractivity contribution is 5.37. The highest BCUT2D eigenvalue weighted by atomic mass is 14.5. The number of aryl methyl sites for hydroxylation is 2. The fourth-order valence-corrected chi connectivity index (χ4v) is 5.02. The molecule has 4 rings (SSSR count). The van der Waals surface area contributed by atoms with E-state index in [-0.39, 0.29) is 0 Å². The minimum atomic E-state index is 0.635. The third kappa shape index (κ3) is 1.96. The molecule has 0 nitrogen and oxygen atoms in total. The maximum Gasteiger partial charge on any atom is -0.0168 e. The third-order valence-corrected chi connectivity index (χ3v) is 6.15. The summed E-state index contributed by atoms with van der Waals surface area (Å²) in [6.45, 7) is 2.29. The van der Waals surface area contributed by atoms with Gasteiger partial charge in [0.2, 0.25) is 0 Å². The van der Waals surface area contributed by atoms with E-state index >= 15 is 0 Å². The van der Waals surface area contributed by atoms with Gasteiger partial charge in [-0.3, -0.25) is 0 Å². The number of allylic oxidation sites excluding steroid dienone is 2. The number of rotatable bonds is 3. The molecule has 3 aliphatic rings. The first-order valence-corrected chi connectivity index (χ1v) is 8.58. The third-order valence-electron chi connectivity index (χ3n) is 6.15. The Morgan fingerprint density at radius 3 is 2.90 bits per heavy atom. The van der Waals surface area contributed by atoms with E-state index in [0.717, 1.165) is 11.8 Å². The minimum absolute atomic E-state index is 0.635. The molecule has 3 atom stereocenters. The molecule has 1 spiro atoms. The summed E-state index contributed by atoms with van der Waals surface area (Å²) in [6.07, 6.45) is 15.9. The van der Waals surface area contributed by atoms with Crippen LogP contribution >= 0.6 is 0 Å². The summed E-state index contributed by atoms with van der Waals surface area (Å²) >= 11 is 0. The highest BCUT2D eigenvalue weighted by Gasteiger charge is 2.49. The van der Waals surface area contributed by atoms with Crippen molar-refractivity contribution in [2.45, 2.75) is 58.3 Å². The fourth-order valence-electron chi connectivity index (χ4n) is 5.02. The van der Waals surface area contributed by atoms with Crippen LogP contribution in [0.5, 0.6) is 0 Å². The Kier molecular flexibility index (Phi) is 3.02. The van der Waals surface area contributed by atoms with Crippen molar-refractivity contribution in [3.63, 3.8) is 0 Å². The van der Waals surface area contributed by atoms with Crippen LogP contribution in [0.3, 0.4) is 0 Å². The molecule has 3 aliphatic carbocycles. The van der Waals surface area contributed by atoms with Crippen molar-refractivity contribution in [1.29, 1.82) is 0 Å².